The molecule has 0 unspecified atom stereocenters. The molecule has 17 heavy (non-hydrogen) atoms. The zero-order valence-corrected chi connectivity index (χ0v) is 9.37. The molecule has 0 atom stereocenters. The lowest BCUT2D eigenvalue weighted by molar-refractivity contribution is -0.144. The van der Waals surface area contributed by atoms with Crippen LogP contribution in [-0.2, 0) is 22.6 Å². The van der Waals surface area contributed by atoms with Crippen LogP contribution in [0, 0.1) is 0 Å². The maximum Gasteiger partial charge on any atom is 0.310 e. The first-order valence-corrected chi connectivity index (χ1v) is 5.43. The summed E-state index contributed by atoms with van der Waals surface area (Å²) in [6, 6.07) is 13.2. The lowest BCUT2D eigenvalue weighted by Gasteiger charge is -2.04. The molecule has 1 aromatic heterocycles. The number of carbonyl (C=O) groups excluding carboxylic acids is 1. The monoisotopic (exact) mass is 227 g/mol. The number of nitrogens with zero attached hydrogens (tertiary/aromatic N) is 1. The van der Waals surface area contributed by atoms with Crippen molar-refractivity contribution in [1.82, 2.24) is 4.98 Å². The molecule has 1 aromatic carbocycles. The van der Waals surface area contributed by atoms with Crippen LogP contribution < -0.4 is 0 Å². The molecule has 1 heterocycles. The van der Waals surface area contributed by atoms with Gasteiger partial charge in [0.05, 0.1) is 6.42 Å². The van der Waals surface area contributed by atoms with Gasteiger partial charge in [-0.15, -0.1) is 0 Å². The fourth-order valence-corrected chi connectivity index (χ4v) is 1.46. The average molecular weight is 227 g/mol. The summed E-state index contributed by atoms with van der Waals surface area (Å²) < 4.78 is 5.17. The molecule has 2 rings (SSSR count). The third-order valence-corrected chi connectivity index (χ3v) is 2.34. The lowest BCUT2D eigenvalue weighted by Crippen LogP contribution is -2.07. The molecule has 0 amide bonds. The predicted octanol–water partition coefficient (Wildman–Crippen LogP) is 2.37. The van der Waals surface area contributed by atoms with Gasteiger partial charge >= 0.3 is 5.97 Å². The summed E-state index contributed by atoms with van der Waals surface area (Å²) in [4.78, 5) is 15.4. The van der Waals surface area contributed by atoms with Gasteiger partial charge in [-0.2, -0.15) is 0 Å². The Morgan fingerprint density at radius 2 is 1.71 bits per heavy atom. The molecule has 0 fully saturated rings. The van der Waals surface area contributed by atoms with Gasteiger partial charge in [0, 0.05) is 12.4 Å². The van der Waals surface area contributed by atoms with E-state index in [0.29, 0.717) is 13.0 Å². The highest BCUT2D eigenvalue weighted by molar-refractivity contribution is 5.72. The summed E-state index contributed by atoms with van der Waals surface area (Å²) in [5, 5.41) is 0. The second-order valence-corrected chi connectivity index (χ2v) is 3.68. The molecule has 3 heteroatoms. The first-order chi connectivity index (χ1) is 8.34. The minimum Gasteiger partial charge on any atom is -0.461 e. The molecule has 86 valence electrons. The third kappa shape index (κ3) is 3.72. The predicted molar refractivity (Wildman–Crippen MR) is 64.2 cm³/mol. The number of ether oxygens (including phenoxy) is 1. The van der Waals surface area contributed by atoms with Gasteiger partial charge in [-0.3, -0.25) is 9.78 Å². The van der Waals surface area contributed by atoms with Gasteiger partial charge in [-0.05, 0) is 23.3 Å². The Hall–Kier alpha value is -2.16. The van der Waals surface area contributed by atoms with E-state index in [1.165, 1.54) is 0 Å². The Balaban J connectivity index is 1.83. The highest BCUT2D eigenvalue weighted by Gasteiger charge is 2.04. The van der Waals surface area contributed by atoms with Crippen LogP contribution in [0.1, 0.15) is 11.1 Å². The van der Waals surface area contributed by atoms with Crippen LogP contribution in [-0.4, -0.2) is 11.0 Å². The van der Waals surface area contributed by atoms with Crippen LogP contribution in [0.3, 0.4) is 0 Å². The summed E-state index contributed by atoms with van der Waals surface area (Å²) in [5.74, 6) is -0.215. The Labute approximate surface area is 100 Å². The summed E-state index contributed by atoms with van der Waals surface area (Å²) in [5.41, 5.74) is 1.91. The van der Waals surface area contributed by atoms with Crippen molar-refractivity contribution in [3.05, 3.63) is 66.0 Å². The van der Waals surface area contributed by atoms with Crippen LogP contribution in [0.2, 0.25) is 0 Å². The van der Waals surface area contributed by atoms with E-state index in [2.05, 4.69) is 4.98 Å². The van der Waals surface area contributed by atoms with Gasteiger partial charge < -0.3 is 4.74 Å². The number of aromatic nitrogens is 1. The van der Waals surface area contributed by atoms with Crippen LogP contribution in [0.25, 0.3) is 0 Å². The first-order valence-electron chi connectivity index (χ1n) is 5.43. The molecular formula is C14H13NO2. The third-order valence-electron chi connectivity index (χ3n) is 2.34. The molecule has 0 radical (unpaired) electrons. The van der Waals surface area contributed by atoms with Crippen molar-refractivity contribution in [2.45, 2.75) is 13.0 Å². The van der Waals surface area contributed by atoms with Crippen LogP contribution in [0.5, 0.6) is 0 Å². The number of esters is 1. The fraction of sp³-hybridized carbons (Fsp3) is 0.143. The van der Waals surface area contributed by atoms with Crippen molar-refractivity contribution in [2.75, 3.05) is 0 Å². The van der Waals surface area contributed by atoms with E-state index in [9.17, 15) is 4.79 Å². The molecule has 0 aliphatic heterocycles. The van der Waals surface area contributed by atoms with E-state index in [-0.39, 0.29) is 5.97 Å². The molecule has 0 bridgehead atoms. The van der Waals surface area contributed by atoms with Crippen molar-refractivity contribution in [2.24, 2.45) is 0 Å². The Kier molecular flexibility index (Phi) is 3.86. The quantitative estimate of drug-likeness (QED) is 0.753. The highest BCUT2D eigenvalue weighted by atomic mass is 16.5. The van der Waals surface area contributed by atoms with Gasteiger partial charge in [0.15, 0.2) is 0 Å². The highest BCUT2D eigenvalue weighted by Crippen LogP contribution is 2.03. The Morgan fingerprint density at radius 3 is 2.41 bits per heavy atom. The van der Waals surface area contributed by atoms with Crippen molar-refractivity contribution in [1.29, 1.82) is 0 Å². The smallest absolute Gasteiger partial charge is 0.310 e. The zero-order valence-electron chi connectivity index (χ0n) is 9.37. The first kappa shape index (κ1) is 11.3. The number of rotatable bonds is 4. The number of hydrogen-bond donors (Lipinski definition) is 0. The van der Waals surface area contributed by atoms with Crippen LogP contribution in [0.4, 0.5) is 0 Å². The van der Waals surface area contributed by atoms with Crippen molar-refractivity contribution >= 4 is 5.97 Å². The average Bonchev–Trinajstić information content (AvgIpc) is 2.39. The van der Waals surface area contributed by atoms with E-state index in [1.54, 1.807) is 12.4 Å². The molecule has 0 aliphatic carbocycles. The summed E-state index contributed by atoms with van der Waals surface area (Å²) in [6.07, 6.45) is 3.67. The molecule has 0 spiro atoms. The number of benzene rings is 1. The minimum atomic E-state index is -0.215. The van der Waals surface area contributed by atoms with Crippen molar-refractivity contribution in [3.8, 4) is 0 Å². The number of pyridine rings is 1. The van der Waals surface area contributed by atoms with E-state index in [1.807, 2.05) is 42.5 Å². The zero-order chi connectivity index (χ0) is 11.9. The van der Waals surface area contributed by atoms with Crippen molar-refractivity contribution < 1.29 is 9.53 Å². The number of hydrogen-bond acceptors (Lipinski definition) is 3. The molecule has 0 N–H and O–H groups in total. The second-order valence-electron chi connectivity index (χ2n) is 3.68. The van der Waals surface area contributed by atoms with E-state index < -0.39 is 0 Å². The normalized spacial score (nSPS) is 9.88. The van der Waals surface area contributed by atoms with E-state index in [4.69, 9.17) is 4.74 Å². The molecule has 0 saturated heterocycles. The van der Waals surface area contributed by atoms with Crippen LogP contribution in [0.15, 0.2) is 54.9 Å². The topological polar surface area (TPSA) is 39.2 Å². The van der Waals surface area contributed by atoms with E-state index >= 15 is 0 Å². The van der Waals surface area contributed by atoms with Gasteiger partial charge in [0.25, 0.3) is 0 Å². The van der Waals surface area contributed by atoms with Gasteiger partial charge in [0.2, 0.25) is 0 Å². The molecule has 0 aliphatic rings. The maximum atomic E-state index is 11.5. The maximum absolute atomic E-state index is 11.5. The fourth-order valence-electron chi connectivity index (χ4n) is 1.46. The summed E-state index contributed by atoms with van der Waals surface area (Å²) >= 11 is 0. The molecular weight excluding hydrogens is 214 g/mol. The summed E-state index contributed by atoms with van der Waals surface area (Å²) in [7, 11) is 0. The Morgan fingerprint density at radius 1 is 1.00 bits per heavy atom. The van der Waals surface area contributed by atoms with Gasteiger partial charge in [0.1, 0.15) is 6.61 Å². The van der Waals surface area contributed by atoms with Crippen molar-refractivity contribution in [3.63, 3.8) is 0 Å². The van der Waals surface area contributed by atoms with Gasteiger partial charge in [-0.25, -0.2) is 0 Å². The minimum absolute atomic E-state index is 0.215. The lowest BCUT2D eigenvalue weighted by atomic mass is 10.2. The SMILES string of the molecule is O=C(Cc1ccccc1)OCc1ccncc1. The Bertz CT molecular complexity index is 468. The van der Waals surface area contributed by atoms with E-state index in [0.717, 1.165) is 11.1 Å². The van der Waals surface area contributed by atoms with Gasteiger partial charge in [-0.1, -0.05) is 30.3 Å². The second kappa shape index (κ2) is 5.80. The van der Waals surface area contributed by atoms with Crippen LogP contribution >= 0.6 is 0 Å². The largest absolute Gasteiger partial charge is 0.461 e. The molecule has 0 saturated carbocycles. The molecule has 3 nitrogen and oxygen atoms in total. The standard InChI is InChI=1S/C14H13NO2/c16-14(10-12-4-2-1-3-5-12)17-11-13-6-8-15-9-7-13/h1-9H,10-11H2. The summed E-state index contributed by atoms with van der Waals surface area (Å²) in [6.45, 7) is 0.300. The number of carbonyl (C=O) groups is 1. The molecule has 2 aromatic rings.